The minimum absolute atomic E-state index is 0.0237. The van der Waals surface area contributed by atoms with Crippen molar-refractivity contribution in [1.29, 1.82) is 0 Å². The van der Waals surface area contributed by atoms with Gasteiger partial charge in [-0.1, -0.05) is 6.42 Å². The SMILES string of the molecule is CCNC(=O)NC[C@]12CCC[C@H]1NCC2. The molecule has 2 aliphatic rings. The van der Waals surface area contributed by atoms with Gasteiger partial charge >= 0.3 is 6.03 Å². The highest BCUT2D eigenvalue weighted by atomic mass is 16.2. The van der Waals surface area contributed by atoms with Crippen LogP contribution in [0.3, 0.4) is 0 Å². The summed E-state index contributed by atoms with van der Waals surface area (Å²) in [4.78, 5) is 11.3. The van der Waals surface area contributed by atoms with Gasteiger partial charge in [0.25, 0.3) is 0 Å². The van der Waals surface area contributed by atoms with Crippen molar-refractivity contribution in [2.24, 2.45) is 5.41 Å². The van der Waals surface area contributed by atoms with Crippen molar-refractivity contribution in [3.8, 4) is 0 Å². The van der Waals surface area contributed by atoms with Gasteiger partial charge in [-0.2, -0.15) is 0 Å². The van der Waals surface area contributed by atoms with E-state index >= 15 is 0 Å². The monoisotopic (exact) mass is 211 g/mol. The lowest BCUT2D eigenvalue weighted by Crippen LogP contribution is -2.45. The molecule has 0 spiro atoms. The van der Waals surface area contributed by atoms with Crippen LogP contribution < -0.4 is 16.0 Å². The van der Waals surface area contributed by atoms with Crippen molar-refractivity contribution in [3.05, 3.63) is 0 Å². The number of amides is 2. The minimum Gasteiger partial charge on any atom is -0.338 e. The molecule has 86 valence electrons. The second-order valence-electron chi connectivity index (χ2n) is 4.72. The molecule has 1 heterocycles. The van der Waals surface area contributed by atoms with E-state index in [0.717, 1.165) is 13.1 Å². The summed E-state index contributed by atoms with van der Waals surface area (Å²) < 4.78 is 0. The van der Waals surface area contributed by atoms with Crippen LogP contribution >= 0.6 is 0 Å². The van der Waals surface area contributed by atoms with Gasteiger partial charge in [0, 0.05) is 24.5 Å². The summed E-state index contributed by atoms with van der Waals surface area (Å²) in [5.41, 5.74) is 0.352. The number of carbonyl (C=O) groups is 1. The zero-order valence-electron chi connectivity index (χ0n) is 9.44. The number of hydrogen-bond acceptors (Lipinski definition) is 2. The zero-order valence-corrected chi connectivity index (χ0v) is 9.44. The van der Waals surface area contributed by atoms with Gasteiger partial charge in [-0.15, -0.1) is 0 Å². The fourth-order valence-electron chi connectivity index (χ4n) is 3.03. The third-order valence-corrected chi connectivity index (χ3v) is 3.86. The average Bonchev–Trinajstić information content (AvgIpc) is 2.73. The van der Waals surface area contributed by atoms with Crippen molar-refractivity contribution >= 4 is 6.03 Å². The number of urea groups is 1. The molecule has 4 nitrogen and oxygen atoms in total. The van der Waals surface area contributed by atoms with Crippen molar-refractivity contribution in [3.63, 3.8) is 0 Å². The molecular weight excluding hydrogens is 190 g/mol. The first kappa shape index (κ1) is 10.7. The summed E-state index contributed by atoms with van der Waals surface area (Å²) in [5.74, 6) is 0. The lowest BCUT2D eigenvalue weighted by molar-refractivity contribution is 0.226. The van der Waals surface area contributed by atoms with Gasteiger partial charge in [-0.3, -0.25) is 0 Å². The summed E-state index contributed by atoms with van der Waals surface area (Å²) in [7, 11) is 0. The third-order valence-electron chi connectivity index (χ3n) is 3.86. The Hall–Kier alpha value is -0.770. The lowest BCUT2D eigenvalue weighted by atomic mass is 9.82. The van der Waals surface area contributed by atoms with Gasteiger partial charge in [-0.05, 0) is 32.7 Å². The fourth-order valence-corrected chi connectivity index (χ4v) is 3.03. The summed E-state index contributed by atoms with van der Waals surface area (Å²) in [6, 6.07) is 0.615. The predicted molar refractivity (Wildman–Crippen MR) is 59.8 cm³/mol. The highest BCUT2D eigenvalue weighted by Crippen LogP contribution is 2.43. The normalized spacial score (nSPS) is 33.8. The van der Waals surface area contributed by atoms with Crippen molar-refractivity contribution in [2.45, 2.75) is 38.6 Å². The quantitative estimate of drug-likeness (QED) is 0.648. The van der Waals surface area contributed by atoms with E-state index in [1.807, 2.05) is 6.92 Å². The second kappa shape index (κ2) is 4.39. The molecule has 2 amide bonds. The Bertz CT molecular complexity index is 232. The molecule has 2 rings (SSSR count). The third kappa shape index (κ3) is 2.09. The Morgan fingerprint density at radius 2 is 2.33 bits per heavy atom. The molecule has 1 aliphatic carbocycles. The van der Waals surface area contributed by atoms with Crippen LogP contribution in [0, 0.1) is 5.41 Å². The van der Waals surface area contributed by atoms with Crippen LogP contribution in [-0.4, -0.2) is 31.7 Å². The molecule has 1 saturated heterocycles. The van der Waals surface area contributed by atoms with Crippen LogP contribution in [0.25, 0.3) is 0 Å². The number of hydrogen-bond donors (Lipinski definition) is 3. The smallest absolute Gasteiger partial charge is 0.314 e. The lowest BCUT2D eigenvalue weighted by Gasteiger charge is -2.28. The van der Waals surface area contributed by atoms with E-state index in [4.69, 9.17) is 0 Å². The van der Waals surface area contributed by atoms with Crippen LogP contribution in [-0.2, 0) is 0 Å². The van der Waals surface area contributed by atoms with E-state index in [1.165, 1.54) is 25.7 Å². The molecule has 2 fully saturated rings. The summed E-state index contributed by atoms with van der Waals surface area (Å²) in [6.07, 6.45) is 5.05. The topological polar surface area (TPSA) is 53.2 Å². The maximum atomic E-state index is 11.3. The molecule has 1 aliphatic heterocycles. The summed E-state index contributed by atoms with van der Waals surface area (Å²) in [5, 5.41) is 9.32. The van der Waals surface area contributed by atoms with Gasteiger partial charge in [-0.25, -0.2) is 4.79 Å². The Morgan fingerprint density at radius 1 is 1.47 bits per heavy atom. The van der Waals surface area contributed by atoms with Crippen LogP contribution in [0.2, 0.25) is 0 Å². The molecule has 2 atom stereocenters. The van der Waals surface area contributed by atoms with E-state index in [-0.39, 0.29) is 6.03 Å². The van der Waals surface area contributed by atoms with Crippen LogP contribution in [0.4, 0.5) is 4.79 Å². The van der Waals surface area contributed by atoms with E-state index < -0.39 is 0 Å². The van der Waals surface area contributed by atoms with E-state index in [9.17, 15) is 4.79 Å². The maximum Gasteiger partial charge on any atom is 0.314 e. The van der Waals surface area contributed by atoms with Crippen LogP contribution in [0.15, 0.2) is 0 Å². The number of rotatable bonds is 3. The van der Waals surface area contributed by atoms with Crippen LogP contribution in [0.1, 0.15) is 32.6 Å². The van der Waals surface area contributed by atoms with Gasteiger partial charge in [0.15, 0.2) is 0 Å². The molecule has 0 bridgehead atoms. The van der Waals surface area contributed by atoms with Gasteiger partial charge in [0.05, 0.1) is 0 Å². The molecule has 15 heavy (non-hydrogen) atoms. The van der Waals surface area contributed by atoms with Gasteiger partial charge in [0.2, 0.25) is 0 Å². The van der Waals surface area contributed by atoms with E-state index in [1.54, 1.807) is 0 Å². The molecule has 3 N–H and O–H groups in total. The summed E-state index contributed by atoms with van der Waals surface area (Å²) >= 11 is 0. The highest BCUT2D eigenvalue weighted by Gasteiger charge is 2.45. The van der Waals surface area contributed by atoms with E-state index in [2.05, 4.69) is 16.0 Å². The zero-order chi connectivity index (χ0) is 10.7. The van der Waals surface area contributed by atoms with Gasteiger partial charge in [0.1, 0.15) is 0 Å². The molecule has 0 aromatic heterocycles. The van der Waals surface area contributed by atoms with Crippen molar-refractivity contribution < 1.29 is 4.79 Å². The fraction of sp³-hybridized carbons (Fsp3) is 0.909. The minimum atomic E-state index is -0.0237. The summed E-state index contributed by atoms with van der Waals surface area (Å²) in [6.45, 7) is 4.58. The molecule has 1 saturated carbocycles. The van der Waals surface area contributed by atoms with Crippen molar-refractivity contribution in [2.75, 3.05) is 19.6 Å². The standard InChI is InChI=1S/C11H21N3O/c1-2-12-10(15)14-8-11-5-3-4-9(11)13-7-6-11/h9,13H,2-8H2,1H3,(H2,12,14,15)/t9-,11-/m1/s1. The number of fused-ring (bicyclic) bond motifs is 1. The predicted octanol–water partition coefficient (Wildman–Crippen LogP) is 0.838. The second-order valence-corrected chi connectivity index (χ2v) is 4.72. The van der Waals surface area contributed by atoms with E-state index in [0.29, 0.717) is 18.0 Å². The molecule has 0 unspecified atom stereocenters. The average molecular weight is 211 g/mol. The van der Waals surface area contributed by atoms with Crippen molar-refractivity contribution in [1.82, 2.24) is 16.0 Å². The number of carbonyl (C=O) groups excluding carboxylic acids is 1. The maximum absolute atomic E-state index is 11.3. The highest BCUT2D eigenvalue weighted by molar-refractivity contribution is 5.73. The Labute approximate surface area is 91.2 Å². The first-order valence-electron chi connectivity index (χ1n) is 6.02. The molecule has 0 aromatic rings. The molecule has 4 heteroatoms. The first-order valence-corrected chi connectivity index (χ1v) is 6.02. The largest absolute Gasteiger partial charge is 0.338 e. The Balaban J connectivity index is 1.85. The molecular formula is C11H21N3O. The Kier molecular flexibility index (Phi) is 3.14. The first-order chi connectivity index (χ1) is 7.27. The number of nitrogens with one attached hydrogen (secondary N) is 3. The van der Waals surface area contributed by atoms with Crippen LogP contribution in [0.5, 0.6) is 0 Å². The molecule has 0 aromatic carbocycles. The molecule has 0 radical (unpaired) electrons. The Morgan fingerprint density at radius 3 is 3.13 bits per heavy atom. The van der Waals surface area contributed by atoms with Gasteiger partial charge < -0.3 is 16.0 Å².